The molecule has 0 bridgehead atoms. The molecule has 2 aliphatic carbocycles. The Morgan fingerprint density at radius 2 is 0.649 bits per heavy atom. The van der Waals surface area contributed by atoms with Crippen LogP contribution < -0.4 is 0 Å². The molecule has 0 radical (unpaired) electrons. The van der Waals surface area contributed by atoms with Gasteiger partial charge in [-0.2, -0.15) is 0 Å². The van der Waals surface area contributed by atoms with Gasteiger partial charge in [0.1, 0.15) is 0 Å². The molecule has 0 N–H and O–H groups in total. The zero-order valence-electron chi connectivity index (χ0n) is 82.2. The first-order chi connectivity index (χ1) is 53.5. The van der Waals surface area contributed by atoms with Crippen LogP contribution in [0.4, 0.5) is 0 Å². The van der Waals surface area contributed by atoms with Crippen molar-refractivity contribution in [3.05, 3.63) is 0 Å². The van der Waals surface area contributed by atoms with Gasteiger partial charge in [0.25, 0.3) is 0 Å². The van der Waals surface area contributed by atoms with Gasteiger partial charge in [-0.05, 0) is 253 Å². The molecule has 9 saturated heterocycles. The van der Waals surface area contributed by atoms with Crippen LogP contribution in [0.2, 0.25) is 0 Å². The topological polar surface area (TPSA) is 133 Å². The summed E-state index contributed by atoms with van der Waals surface area (Å²) < 4.78 is 10.9. The summed E-state index contributed by atoms with van der Waals surface area (Å²) in [5.74, 6) is 15.7. The molecule has 2 unspecified atom stereocenters. The predicted octanol–water partition coefficient (Wildman–Crippen LogP) is 20.8. The summed E-state index contributed by atoms with van der Waals surface area (Å²) in [4.78, 5) is 76.0. The number of ether oxygens (including phenoxy) is 2. The van der Waals surface area contributed by atoms with E-state index in [0.717, 1.165) is 212 Å². The first-order valence-electron chi connectivity index (χ1n) is 47.9. The average Bonchev–Trinajstić information content (AvgIpc) is 0.809. The third kappa shape index (κ3) is 45.7. The fourth-order valence-corrected chi connectivity index (χ4v) is 16.7. The van der Waals surface area contributed by atoms with Crippen molar-refractivity contribution in [2.24, 2.45) is 106 Å². The van der Waals surface area contributed by atoms with E-state index in [1.807, 2.05) is 68.1 Å². The quantitative estimate of drug-likeness (QED) is 0.185. The van der Waals surface area contributed by atoms with Gasteiger partial charge in [-0.15, -0.1) is 0 Å². The van der Waals surface area contributed by atoms with Crippen LogP contribution in [0.25, 0.3) is 0 Å². The number of carbonyl (C=O) groups is 5. The van der Waals surface area contributed by atoms with Crippen molar-refractivity contribution in [1.82, 2.24) is 44.1 Å². The molecule has 0 spiro atoms. The molecule has 5 amide bonds. The highest BCUT2D eigenvalue weighted by molar-refractivity contribution is 5.82. The molecule has 16 heteroatoms. The van der Waals surface area contributed by atoms with Gasteiger partial charge in [0.05, 0.1) is 12.2 Å². The highest BCUT2D eigenvalue weighted by Crippen LogP contribution is 2.35. The molecule has 0 aromatic carbocycles. The number of hydrogen-bond acceptors (Lipinski definition) is 11. The van der Waals surface area contributed by atoms with Crippen LogP contribution in [0.1, 0.15) is 331 Å². The summed E-state index contributed by atoms with van der Waals surface area (Å²) in [6, 6.07) is 1.20. The molecule has 0 aromatic rings. The van der Waals surface area contributed by atoms with E-state index in [-0.39, 0.29) is 29.0 Å². The Balaban J connectivity index is 0.00000124. The van der Waals surface area contributed by atoms with Crippen LogP contribution in [-0.2, 0) is 33.4 Å². The van der Waals surface area contributed by atoms with Gasteiger partial charge in [-0.3, -0.25) is 33.8 Å². The minimum absolute atomic E-state index is 0.207. The molecule has 9 heterocycles. The second-order valence-corrected chi connectivity index (χ2v) is 40.0. The summed E-state index contributed by atoms with van der Waals surface area (Å²) in [7, 11) is 2.22. The van der Waals surface area contributed by atoms with Gasteiger partial charge in [-0.1, -0.05) is 192 Å². The molecule has 11 aliphatic rings. The van der Waals surface area contributed by atoms with Gasteiger partial charge >= 0.3 is 0 Å². The molecule has 2 atom stereocenters. The lowest BCUT2D eigenvalue weighted by atomic mass is 9.78. The normalized spacial score (nSPS) is 22.8. The molecule has 114 heavy (non-hydrogen) atoms. The number of carbonyl (C=O) groups excluding carboxylic acids is 5. The van der Waals surface area contributed by atoms with Crippen molar-refractivity contribution < 1.29 is 33.4 Å². The van der Waals surface area contributed by atoms with Gasteiger partial charge < -0.3 is 43.8 Å². The molecule has 2 saturated carbocycles. The van der Waals surface area contributed by atoms with Crippen LogP contribution >= 0.6 is 0 Å². The molecular weight excluding hydrogens is 1420 g/mol. The van der Waals surface area contributed by atoms with E-state index in [0.29, 0.717) is 36.1 Å². The molecule has 9 aliphatic heterocycles. The van der Waals surface area contributed by atoms with Crippen molar-refractivity contribution >= 4 is 29.5 Å². The molecular formula is C98H197N9O7. The minimum Gasteiger partial charge on any atom is -0.381 e. The number of rotatable bonds is 12. The van der Waals surface area contributed by atoms with E-state index in [1.54, 1.807) is 20.8 Å². The lowest BCUT2D eigenvalue weighted by Gasteiger charge is -2.44. The molecule has 0 aromatic heterocycles. The van der Waals surface area contributed by atoms with Gasteiger partial charge in [-0.25, -0.2) is 0 Å². The summed E-state index contributed by atoms with van der Waals surface area (Å²) in [5.41, 5.74) is -0.236. The fourth-order valence-electron chi connectivity index (χ4n) is 16.7. The lowest BCUT2D eigenvalue weighted by molar-refractivity contribution is -0.146. The van der Waals surface area contributed by atoms with E-state index < -0.39 is 0 Å². The molecule has 676 valence electrons. The molecule has 16 nitrogen and oxygen atoms in total. The van der Waals surface area contributed by atoms with Crippen LogP contribution in [0.3, 0.4) is 0 Å². The third-order valence-corrected chi connectivity index (χ3v) is 27.0. The van der Waals surface area contributed by atoms with Gasteiger partial charge in [0, 0.05) is 149 Å². The minimum atomic E-state index is -0.236. The van der Waals surface area contributed by atoms with Gasteiger partial charge in [0.15, 0.2) is 0 Å². The maximum atomic E-state index is 12.0. The van der Waals surface area contributed by atoms with Crippen molar-refractivity contribution in [3.63, 3.8) is 0 Å². The number of piperazine rings is 2. The van der Waals surface area contributed by atoms with Crippen LogP contribution in [0.5, 0.6) is 0 Å². The van der Waals surface area contributed by atoms with Crippen molar-refractivity contribution in [1.29, 1.82) is 0 Å². The first kappa shape index (κ1) is 111. The third-order valence-electron chi connectivity index (χ3n) is 27.0. The monoisotopic (exact) mass is 1610 g/mol. The number of piperidine rings is 3. The fraction of sp³-hybridized carbons (Fsp3) is 0.949. The standard InChI is InChI=1S/C12H24N2O.C11H19NO.C10H19NO.C10H21N.C10H20O.C9H18N2O.C9H19N.C8H15NO.C8H16O.C7H14.2C2H6/c1-10(2)13-6-8-14(9-7-13)11(15)12(3,4)5;1-8(2)10-6-12(7-10)11(13)9-4-3-5-9;1-8(2)10-4-6-11(7-5-10)9(3)12;1-4-11-7-5-10(6-8-11)9(2)3;1-7(2)10-5-8(3)11-9(4)6-10;1-8(2)10-4-6-11(7-5-10)9(3)12;1-8(2)9-4-6-10(3)7-5-9;1-6(2)8-4-9(5-8)7(3)10;1-7(2)8-3-5-9-6-4-8;1-6(2)7-4-3-5-7;2*1-2/h10H,6-9H2,1-5H3;8-10H,3-7H2,1-2H3;8,10H,4-7H2,1-3H3;9-10H,4-8H2,1-3H3;7-10H,5-6H2,1-4H3;8H,4-7H2,1-3H3;8-9H,4-7H2,1-3H3;6,8H,4-5H2,1-3H3;7-8H,3-6H2,1-2H3;6-7H,3-5H2,1-2H3;2*1-2H3. The Bertz CT molecular complexity index is 2350. The van der Waals surface area contributed by atoms with Crippen LogP contribution in [-0.4, -0.2) is 243 Å². The van der Waals surface area contributed by atoms with Gasteiger partial charge in [0.2, 0.25) is 29.5 Å². The summed E-state index contributed by atoms with van der Waals surface area (Å²) >= 11 is 0. The van der Waals surface area contributed by atoms with E-state index in [2.05, 4.69) is 191 Å². The van der Waals surface area contributed by atoms with E-state index >= 15 is 0 Å². The largest absolute Gasteiger partial charge is 0.381 e. The smallest absolute Gasteiger partial charge is 0.228 e. The Kier molecular flexibility index (Phi) is 59.0. The summed E-state index contributed by atoms with van der Waals surface area (Å²) in [6.45, 7) is 93.2. The Labute approximate surface area is 709 Å². The lowest BCUT2D eigenvalue weighted by Crippen LogP contribution is -2.54. The second kappa shape index (κ2) is 60.6. The summed E-state index contributed by atoms with van der Waals surface area (Å²) in [6.07, 6.45) is 22.1. The van der Waals surface area contributed by atoms with Crippen LogP contribution in [0.15, 0.2) is 0 Å². The van der Waals surface area contributed by atoms with Crippen LogP contribution in [0, 0.1) is 106 Å². The maximum absolute atomic E-state index is 12.0. The molecule has 11 fully saturated rings. The Morgan fingerprint density at radius 1 is 0.351 bits per heavy atom. The van der Waals surface area contributed by atoms with E-state index in [9.17, 15) is 24.0 Å². The second-order valence-electron chi connectivity index (χ2n) is 40.0. The van der Waals surface area contributed by atoms with Crippen molar-refractivity contribution in [3.8, 4) is 0 Å². The highest BCUT2D eigenvalue weighted by Gasteiger charge is 2.38. The van der Waals surface area contributed by atoms with Crippen molar-refractivity contribution in [2.75, 3.05) is 145 Å². The number of hydrogen-bond donors (Lipinski definition) is 0. The summed E-state index contributed by atoms with van der Waals surface area (Å²) in [5, 5.41) is 0. The Hall–Kier alpha value is -2.89. The number of nitrogens with zero attached hydrogens (tertiary/aromatic N) is 9. The maximum Gasteiger partial charge on any atom is 0.228 e. The van der Waals surface area contributed by atoms with E-state index in [1.165, 1.54) is 123 Å². The number of likely N-dealkylation sites (tertiary alicyclic amines) is 5. The predicted molar refractivity (Wildman–Crippen MR) is 490 cm³/mol. The SMILES string of the molecule is CC.CC.CC(=O)N1CC(C(C)C)C1.CC(=O)N1CCC(C(C)C)CC1.CC(=O)N1CCN(C(C)C)CC1.CC(C)C1CCC1.CC(C)C1CCN(C)CC1.CC(C)C1CCOCC1.CC(C)C1CN(C(=O)C2CCC2)C1.CC(C)N1CCN(C(=O)C(C)(C)C)CC1.CC1CC(C(C)C)CC(C)O1.CCN1CCC(C(C)C)CC1. The highest BCUT2D eigenvalue weighted by atomic mass is 16.5. The number of amides is 5. The first-order valence-corrected chi connectivity index (χ1v) is 47.9. The van der Waals surface area contributed by atoms with Crippen molar-refractivity contribution in [2.45, 2.75) is 356 Å². The average molecular weight is 1610 g/mol. The Morgan fingerprint density at radius 3 is 0.921 bits per heavy atom. The molecule has 11 rings (SSSR count). The zero-order chi connectivity index (χ0) is 87.3. The zero-order valence-corrected chi connectivity index (χ0v) is 82.2. The van der Waals surface area contributed by atoms with E-state index in [4.69, 9.17) is 9.47 Å².